The van der Waals surface area contributed by atoms with Crippen molar-refractivity contribution in [2.24, 2.45) is 5.73 Å². The summed E-state index contributed by atoms with van der Waals surface area (Å²) < 4.78 is 0. The van der Waals surface area contributed by atoms with Crippen LogP contribution in [0.3, 0.4) is 0 Å². The number of benzene rings is 2. The zero-order chi connectivity index (χ0) is 17.1. The number of rotatable bonds is 4. The second-order valence-corrected chi connectivity index (χ2v) is 6.62. The van der Waals surface area contributed by atoms with Crippen molar-refractivity contribution >= 4 is 11.6 Å². The summed E-state index contributed by atoms with van der Waals surface area (Å²) in [6.07, 6.45) is 0. The lowest BCUT2D eigenvalue weighted by atomic mass is 9.95. The van der Waals surface area contributed by atoms with Crippen LogP contribution >= 0.6 is 0 Å². The highest BCUT2D eigenvalue weighted by Gasteiger charge is 2.35. The average molecular weight is 323 g/mol. The van der Waals surface area contributed by atoms with E-state index in [4.69, 9.17) is 5.73 Å². The highest BCUT2D eigenvalue weighted by Crippen LogP contribution is 2.28. The number of nitrogens with two attached hydrogens (primary N) is 1. The Kier molecular flexibility index (Phi) is 4.97. The van der Waals surface area contributed by atoms with Crippen LogP contribution < -0.4 is 11.1 Å². The fourth-order valence-corrected chi connectivity index (χ4v) is 3.35. The molecule has 2 aromatic carbocycles. The number of amides is 1. The van der Waals surface area contributed by atoms with Gasteiger partial charge in [-0.3, -0.25) is 9.69 Å². The van der Waals surface area contributed by atoms with E-state index in [0.717, 1.165) is 24.3 Å². The molecule has 0 radical (unpaired) electrons. The normalized spacial score (nSPS) is 22.3. The molecule has 0 aromatic heterocycles. The zero-order valence-electron chi connectivity index (χ0n) is 14.3. The maximum absolute atomic E-state index is 12.6. The van der Waals surface area contributed by atoms with E-state index in [0.29, 0.717) is 0 Å². The molecule has 3 atom stereocenters. The summed E-state index contributed by atoms with van der Waals surface area (Å²) >= 11 is 0. The fourth-order valence-electron chi connectivity index (χ4n) is 3.35. The number of nitrogens with zero attached hydrogens (tertiary/aromatic N) is 1. The molecule has 3 rings (SSSR count). The minimum absolute atomic E-state index is 0.0187. The quantitative estimate of drug-likeness (QED) is 0.909. The smallest absolute Gasteiger partial charge is 0.241 e. The van der Waals surface area contributed by atoms with Crippen LogP contribution in [0.2, 0.25) is 0 Å². The lowest BCUT2D eigenvalue weighted by Gasteiger charge is -2.23. The van der Waals surface area contributed by atoms with Crippen LogP contribution in [0, 0.1) is 6.92 Å². The van der Waals surface area contributed by atoms with E-state index >= 15 is 0 Å². The number of aryl methyl sites for hydroxylation is 1. The Morgan fingerprint density at radius 3 is 2.50 bits per heavy atom. The molecule has 3 N–H and O–H groups in total. The van der Waals surface area contributed by atoms with Crippen LogP contribution in [0.4, 0.5) is 5.69 Å². The van der Waals surface area contributed by atoms with Crippen molar-refractivity contribution in [2.45, 2.75) is 31.8 Å². The van der Waals surface area contributed by atoms with E-state index in [9.17, 15) is 4.79 Å². The third-order valence-corrected chi connectivity index (χ3v) is 4.95. The predicted octanol–water partition coefficient (Wildman–Crippen LogP) is 2.75. The molecule has 4 nitrogen and oxygen atoms in total. The Hall–Kier alpha value is -2.17. The van der Waals surface area contributed by atoms with Crippen molar-refractivity contribution in [1.82, 2.24) is 4.90 Å². The molecule has 1 aliphatic heterocycles. The molecule has 0 aliphatic carbocycles. The minimum atomic E-state index is -0.204. The Morgan fingerprint density at radius 1 is 1.12 bits per heavy atom. The predicted molar refractivity (Wildman–Crippen MR) is 98.0 cm³/mol. The summed E-state index contributed by atoms with van der Waals surface area (Å²) in [5.41, 5.74) is 9.53. The summed E-state index contributed by atoms with van der Waals surface area (Å²) in [7, 11) is 0. The second-order valence-electron chi connectivity index (χ2n) is 6.62. The van der Waals surface area contributed by atoms with Gasteiger partial charge in [0.15, 0.2) is 0 Å². The van der Waals surface area contributed by atoms with Gasteiger partial charge in [-0.2, -0.15) is 0 Å². The van der Waals surface area contributed by atoms with Gasteiger partial charge in [-0.1, -0.05) is 48.5 Å². The van der Waals surface area contributed by atoms with Crippen LogP contribution in [0.1, 0.15) is 24.0 Å². The lowest BCUT2D eigenvalue weighted by molar-refractivity contribution is -0.120. The largest absolute Gasteiger partial charge is 0.326 e. The Balaban J connectivity index is 1.66. The summed E-state index contributed by atoms with van der Waals surface area (Å²) in [6.45, 7) is 5.50. The molecule has 0 saturated carbocycles. The van der Waals surface area contributed by atoms with E-state index in [2.05, 4.69) is 22.3 Å². The number of hydrogen-bond acceptors (Lipinski definition) is 3. The summed E-state index contributed by atoms with van der Waals surface area (Å²) in [5.74, 6) is 0.296. The second kappa shape index (κ2) is 7.16. The molecule has 0 spiro atoms. The first-order chi connectivity index (χ1) is 11.6. The number of nitrogens with one attached hydrogen (secondary N) is 1. The molecule has 1 aliphatic rings. The maximum atomic E-state index is 12.6. The maximum Gasteiger partial charge on any atom is 0.241 e. The van der Waals surface area contributed by atoms with E-state index in [1.54, 1.807) is 0 Å². The Labute approximate surface area is 143 Å². The molecule has 24 heavy (non-hydrogen) atoms. The van der Waals surface area contributed by atoms with Gasteiger partial charge in [0.2, 0.25) is 5.91 Å². The molecule has 1 heterocycles. The van der Waals surface area contributed by atoms with Crippen molar-refractivity contribution in [3.63, 3.8) is 0 Å². The molecule has 0 bridgehead atoms. The molecule has 126 valence electrons. The molecular formula is C20H25N3O. The third kappa shape index (κ3) is 3.50. The first-order valence-corrected chi connectivity index (χ1v) is 8.47. The number of carbonyl (C=O) groups excluding carboxylic acids is 1. The monoisotopic (exact) mass is 323 g/mol. The highest BCUT2D eigenvalue weighted by molar-refractivity contribution is 5.95. The van der Waals surface area contributed by atoms with Crippen LogP contribution in [0.25, 0.3) is 0 Å². The zero-order valence-corrected chi connectivity index (χ0v) is 14.3. The highest BCUT2D eigenvalue weighted by atomic mass is 16.2. The van der Waals surface area contributed by atoms with Gasteiger partial charge in [-0.15, -0.1) is 0 Å². The first-order valence-electron chi connectivity index (χ1n) is 8.47. The number of likely N-dealkylation sites (tertiary alicyclic amines) is 1. The van der Waals surface area contributed by atoms with Gasteiger partial charge >= 0.3 is 0 Å². The molecule has 1 unspecified atom stereocenters. The van der Waals surface area contributed by atoms with E-state index in [-0.39, 0.29) is 23.9 Å². The Morgan fingerprint density at radius 2 is 1.79 bits per heavy atom. The van der Waals surface area contributed by atoms with Gasteiger partial charge in [0, 0.05) is 30.7 Å². The van der Waals surface area contributed by atoms with Crippen LogP contribution in [-0.2, 0) is 4.79 Å². The van der Waals surface area contributed by atoms with Crippen LogP contribution in [0.15, 0.2) is 54.6 Å². The van der Waals surface area contributed by atoms with Gasteiger partial charge in [-0.05, 0) is 31.0 Å². The van der Waals surface area contributed by atoms with Crippen LogP contribution in [-0.4, -0.2) is 36.0 Å². The summed E-state index contributed by atoms with van der Waals surface area (Å²) in [6, 6.07) is 18.0. The number of para-hydroxylation sites is 1. The van der Waals surface area contributed by atoms with Crippen molar-refractivity contribution < 1.29 is 4.79 Å². The number of anilines is 1. The standard InChI is InChI=1S/C20H25N3O/c1-14-8-6-7-11-19(14)22-20(24)15(2)23-12-17(18(21)13-23)16-9-4-3-5-10-16/h3-11,15,17-18H,12-13,21H2,1-2H3,(H,22,24)/t15?,17-,18+/m0/s1. The fraction of sp³-hybridized carbons (Fsp3) is 0.350. The van der Waals surface area contributed by atoms with Gasteiger partial charge < -0.3 is 11.1 Å². The van der Waals surface area contributed by atoms with Crippen molar-refractivity contribution in [2.75, 3.05) is 18.4 Å². The molecule has 1 fully saturated rings. The van der Waals surface area contributed by atoms with Crippen molar-refractivity contribution in [1.29, 1.82) is 0 Å². The molecule has 4 heteroatoms. The topological polar surface area (TPSA) is 58.4 Å². The Bertz CT molecular complexity index is 701. The summed E-state index contributed by atoms with van der Waals surface area (Å²) in [5, 5.41) is 3.03. The van der Waals surface area contributed by atoms with Gasteiger partial charge in [-0.25, -0.2) is 0 Å². The molecular weight excluding hydrogens is 298 g/mol. The van der Waals surface area contributed by atoms with Gasteiger partial charge in [0.05, 0.1) is 6.04 Å². The minimum Gasteiger partial charge on any atom is -0.326 e. The van der Waals surface area contributed by atoms with E-state index in [1.807, 2.05) is 56.3 Å². The number of hydrogen-bond donors (Lipinski definition) is 2. The average Bonchev–Trinajstić information content (AvgIpc) is 2.98. The number of carbonyl (C=O) groups is 1. The van der Waals surface area contributed by atoms with Crippen molar-refractivity contribution in [3.8, 4) is 0 Å². The lowest BCUT2D eigenvalue weighted by Crippen LogP contribution is -2.41. The molecule has 1 saturated heterocycles. The first kappa shape index (κ1) is 16.7. The van der Waals surface area contributed by atoms with E-state index in [1.165, 1.54) is 5.56 Å². The van der Waals surface area contributed by atoms with Crippen molar-refractivity contribution in [3.05, 3.63) is 65.7 Å². The SMILES string of the molecule is Cc1ccccc1NC(=O)C(C)N1C[C@@H](N)[C@H](c2ccccc2)C1. The summed E-state index contributed by atoms with van der Waals surface area (Å²) in [4.78, 5) is 14.8. The van der Waals surface area contributed by atoms with Crippen LogP contribution in [0.5, 0.6) is 0 Å². The van der Waals surface area contributed by atoms with Gasteiger partial charge in [0.1, 0.15) is 0 Å². The molecule has 1 amide bonds. The van der Waals surface area contributed by atoms with E-state index < -0.39 is 0 Å². The third-order valence-electron chi connectivity index (χ3n) is 4.95. The van der Waals surface area contributed by atoms with Gasteiger partial charge in [0.25, 0.3) is 0 Å². The molecule has 2 aromatic rings.